The first-order chi connectivity index (χ1) is 16.8. The lowest BCUT2D eigenvalue weighted by Crippen LogP contribution is -2.43. The van der Waals surface area contributed by atoms with Gasteiger partial charge in [0.1, 0.15) is 11.5 Å². The number of halogens is 3. The average Bonchev–Trinajstić information content (AvgIpc) is 3.31. The fourth-order valence-corrected chi connectivity index (χ4v) is 8.31. The Kier molecular flexibility index (Phi) is 4.64. The van der Waals surface area contributed by atoms with Crippen LogP contribution in [0.4, 0.5) is 18.9 Å². The molecule has 1 N–H and O–H groups in total. The molecule has 1 heterocycles. The Labute approximate surface area is 209 Å². The Hall–Kier alpha value is -2.89. The molecule has 36 heavy (non-hydrogen) atoms. The molecule has 3 aromatic carbocycles. The molecule has 3 aromatic rings. The molecule has 3 nitrogen and oxygen atoms in total. The minimum absolute atomic E-state index is 0.0655. The number of fused-ring (bicyclic) bond motifs is 9. The van der Waals surface area contributed by atoms with Crippen molar-refractivity contribution >= 4 is 16.5 Å². The number of hydrogen-bond donors (Lipinski definition) is 1. The molecular formula is C30H32F3NO2. The summed E-state index contributed by atoms with van der Waals surface area (Å²) in [6.07, 6.45) is -1.34. The minimum Gasteiger partial charge on any atom is -0.507 e. The van der Waals surface area contributed by atoms with E-state index in [1.54, 1.807) is 6.07 Å². The first-order valence-electron chi connectivity index (χ1n) is 12.6. The van der Waals surface area contributed by atoms with Crippen molar-refractivity contribution in [2.45, 2.75) is 65.1 Å². The molecule has 0 atom stereocenters. The van der Waals surface area contributed by atoms with Gasteiger partial charge in [-0.25, -0.2) is 0 Å². The third kappa shape index (κ3) is 3.12. The van der Waals surface area contributed by atoms with Crippen LogP contribution in [0.2, 0.25) is 0 Å². The molecule has 1 fully saturated rings. The van der Waals surface area contributed by atoms with E-state index in [1.807, 2.05) is 12.1 Å². The van der Waals surface area contributed by atoms with Crippen LogP contribution in [0.5, 0.6) is 11.5 Å². The number of alkyl halides is 3. The molecule has 1 spiro atoms. The molecule has 1 aliphatic heterocycles. The summed E-state index contributed by atoms with van der Waals surface area (Å²) in [7, 11) is 1.38. The van der Waals surface area contributed by atoms with Gasteiger partial charge in [-0.3, -0.25) is 4.90 Å². The maximum atomic E-state index is 14.0. The number of phenols is 1. The lowest BCUT2D eigenvalue weighted by atomic mass is 9.52. The van der Waals surface area contributed by atoms with Crippen molar-refractivity contribution < 1.29 is 23.0 Å². The minimum atomic E-state index is -4.51. The average molecular weight is 496 g/mol. The highest BCUT2D eigenvalue weighted by Gasteiger charge is 2.54. The number of ether oxygens (including phenoxy) is 1. The Balaban J connectivity index is 1.75. The molecule has 6 rings (SSSR count). The lowest BCUT2D eigenvalue weighted by molar-refractivity contribution is -0.128. The van der Waals surface area contributed by atoms with E-state index >= 15 is 0 Å². The van der Waals surface area contributed by atoms with Crippen LogP contribution < -0.4 is 9.64 Å². The Morgan fingerprint density at radius 3 is 2.25 bits per heavy atom. The second-order valence-electron chi connectivity index (χ2n) is 12.5. The van der Waals surface area contributed by atoms with E-state index in [2.05, 4.69) is 45.9 Å². The summed E-state index contributed by atoms with van der Waals surface area (Å²) in [5.74, 6) is 0.243. The van der Waals surface area contributed by atoms with Gasteiger partial charge in [0, 0.05) is 17.3 Å². The number of nitrogens with zero attached hydrogens (tertiary/aromatic N) is 1. The Bertz CT molecular complexity index is 1400. The summed E-state index contributed by atoms with van der Waals surface area (Å²) in [6, 6.07) is 11.8. The van der Waals surface area contributed by atoms with Crippen LogP contribution in [0.25, 0.3) is 21.9 Å². The van der Waals surface area contributed by atoms with E-state index in [4.69, 9.17) is 4.74 Å². The number of anilines is 1. The predicted molar refractivity (Wildman–Crippen MR) is 137 cm³/mol. The lowest BCUT2D eigenvalue weighted by Gasteiger charge is -2.51. The van der Waals surface area contributed by atoms with Crippen molar-refractivity contribution in [1.29, 1.82) is 0 Å². The van der Waals surface area contributed by atoms with E-state index in [0.717, 1.165) is 41.3 Å². The van der Waals surface area contributed by atoms with Crippen molar-refractivity contribution in [3.05, 3.63) is 53.1 Å². The fraction of sp³-hybridized carbons (Fsp3) is 0.467. The summed E-state index contributed by atoms with van der Waals surface area (Å²) in [5.41, 5.74) is 4.83. The third-order valence-corrected chi connectivity index (χ3v) is 8.57. The molecule has 0 saturated heterocycles. The molecule has 0 aromatic heterocycles. The van der Waals surface area contributed by atoms with E-state index in [9.17, 15) is 18.3 Å². The van der Waals surface area contributed by atoms with Gasteiger partial charge in [0.15, 0.2) is 0 Å². The highest BCUT2D eigenvalue weighted by molar-refractivity contribution is 6.10. The van der Waals surface area contributed by atoms with Gasteiger partial charge in [0.25, 0.3) is 0 Å². The first kappa shape index (κ1) is 23.5. The van der Waals surface area contributed by atoms with Crippen LogP contribution in [0.15, 0.2) is 36.4 Å². The molecule has 3 aliphatic rings. The van der Waals surface area contributed by atoms with Gasteiger partial charge in [-0.2, -0.15) is 13.2 Å². The molecule has 0 unspecified atom stereocenters. The molecule has 1 saturated carbocycles. The van der Waals surface area contributed by atoms with Gasteiger partial charge in [0.2, 0.25) is 0 Å². The zero-order valence-corrected chi connectivity index (χ0v) is 21.4. The highest BCUT2D eigenvalue weighted by Crippen LogP contribution is 2.65. The monoisotopic (exact) mass is 495 g/mol. The third-order valence-electron chi connectivity index (χ3n) is 8.57. The summed E-state index contributed by atoms with van der Waals surface area (Å²) < 4.78 is 47.5. The second-order valence-corrected chi connectivity index (χ2v) is 12.5. The van der Waals surface area contributed by atoms with Crippen LogP contribution in [-0.2, 0) is 11.8 Å². The standard InChI is InChI=1S/C30H32F3NO2/c1-27(2)14-28(3,4)16-29(15-27)20-9-7-6-8-17(20)25-21(29)13-22(35)19-12-23(36-5)26-18(24(19)25)10-11-34(26)30(31,32)33/h6-9,12-13,35H,10-11,14-16H2,1-5H3. The molecule has 0 radical (unpaired) electrons. The zero-order valence-electron chi connectivity index (χ0n) is 21.4. The number of benzene rings is 3. The van der Waals surface area contributed by atoms with E-state index in [0.29, 0.717) is 15.8 Å². The van der Waals surface area contributed by atoms with Gasteiger partial charge in [-0.05, 0) is 81.8 Å². The molecule has 0 bridgehead atoms. The van der Waals surface area contributed by atoms with Gasteiger partial charge in [-0.15, -0.1) is 0 Å². The first-order valence-corrected chi connectivity index (χ1v) is 12.6. The normalized spacial score (nSPS) is 20.9. The number of hydrogen-bond acceptors (Lipinski definition) is 3. The van der Waals surface area contributed by atoms with Crippen LogP contribution >= 0.6 is 0 Å². The number of phenolic OH excluding ortho intramolecular Hbond substituents is 1. The smallest absolute Gasteiger partial charge is 0.485 e. The van der Waals surface area contributed by atoms with Crippen LogP contribution in [0, 0.1) is 10.8 Å². The van der Waals surface area contributed by atoms with E-state index in [-0.39, 0.29) is 46.4 Å². The van der Waals surface area contributed by atoms with Crippen molar-refractivity contribution in [1.82, 2.24) is 0 Å². The highest BCUT2D eigenvalue weighted by atomic mass is 19.4. The summed E-state index contributed by atoms with van der Waals surface area (Å²) in [4.78, 5) is 0.487. The van der Waals surface area contributed by atoms with E-state index in [1.165, 1.54) is 12.7 Å². The molecular weight excluding hydrogens is 463 g/mol. The maximum absolute atomic E-state index is 14.0. The molecule has 6 heteroatoms. The molecule has 190 valence electrons. The van der Waals surface area contributed by atoms with E-state index < -0.39 is 6.30 Å². The molecule has 2 aliphatic carbocycles. The fourth-order valence-electron chi connectivity index (χ4n) is 8.31. The Morgan fingerprint density at radius 2 is 1.61 bits per heavy atom. The zero-order chi connectivity index (χ0) is 25.8. The van der Waals surface area contributed by atoms with Crippen LogP contribution in [0.3, 0.4) is 0 Å². The molecule has 0 amide bonds. The maximum Gasteiger partial charge on any atom is 0.485 e. The van der Waals surface area contributed by atoms with Crippen LogP contribution in [0.1, 0.15) is 63.6 Å². The van der Waals surface area contributed by atoms with Gasteiger partial charge in [-0.1, -0.05) is 52.0 Å². The van der Waals surface area contributed by atoms with Crippen molar-refractivity contribution in [2.75, 3.05) is 18.6 Å². The number of rotatable bonds is 1. The summed E-state index contributed by atoms with van der Waals surface area (Å²) >= 11 is 0. The number of aromatic hydroxyl groups is 1. The van der Waals surface area contributed by atoms with Crippen LogP contribution in [-0.4, -0.2) is 25.1 Å². The van der Waals surface area contributed by atoms with Gasteiger partial charge < -0.3 is 9.84 Å². The van der Waals surface area contributed by atoms with Gasteiger partial charge in [0.05, 0.1) is 12.8 Å². The second kappa shape index (κ2) is 7.11. The predicted octanol–water partition coefficient (Wildman–Crippen LogP) is 7.94. The Morgan fingerprint density at radius 1 is 0.944 bits per heavy atom. The van der Waals surface area contributed by atoms with Crippen molar-refractivity contribution in [3.8, 4) is 22.6 Å². The van der Waals surface area contributed by atoms with Gasteiger partial charge >= 0.3 is 6.30 Å². The van der Waals surface area contributed by atoms with Crippen molar-refractivity contribution in [3.63, 3.8) is 0 Å². The number of methoxy groups -OCH3 is 1. The van der Waals surface area contributed by atoms with Crippen molar-refractivity contribution in [2.24, 2.45) is 10.8 Å². The quantitative estimate of drug-likeness (QED) is 0.348. The summed E-state index contributed by atoms with van der Waals surface area (Å²) in [5, 5.41) is 12.7. The SMILES string of the molecule is COc1cc2c(O)cc3c(c2c2c1N(C(F)(F)F)CC2)-c1ccccc1C31CC(C)(C)CC(C)(C)C1. The largest absolute Gasteiger partial charge is 0.507 e. The summed E-state index contributed by atoms with van der Waals surface area (Å²) in [6.45, 7) is 9.06. The topological polar surface area (TPSA) is 32.7 Å².